The number of nitriles is 1. The van der Waals surface area contributed by atoms with Gasteiger partial charge in [0.2, 0.25) is 0 Å². The van der Waals surface area contributed by atoms with Crippen molar-refractivity contribution in [3.05, 3.63) is 0 Å². The summed E-state index contributed by atoms with van der Waals surface area (Å²) in [5.41, 5.74) is -0.332. The summed E-state index contributed by atoms with van der Waals surface area (Å²) in [6.45, 7) is 11.0. The molecule has 3 heteroatoms. The van der Waals surface area contributed by atoms with Crippen LogP contribution >= 0.6 is 0 Å². The summed E-state index contributed by atoms with van der Waals surface area (Å²) >= 11 is 0. The van der Waals surface area contributed by atoms with E-state index in [9.17, 15) is 5.26 Å². The van der Waals surface area contributed by atoms with Crippen molar-refractivity contribution in [3.8, 4) is 6.07 Å². The first-order valence-corrected chi connectivity index (χ1v) is 6.98. The smallest absolute Gasteiger partial charge is 0.103 e. The minimum atomic E-state index is -0.332. The van der Waals surface area contributed by atoms with E-state index < -0.39 is 0 Å². The molecule has 2 unspecified atom stereocenters. The molecule has 1 aliphatic heterocycles. The number of hydrogen-bond acceptors (Lipinski definition) is 3. The lowest BCUT2D eigenvalue weighted by Crippen LogP contribution is -2.41. The quantitative estimate of drug-likeness (QED) is 0.739. The van der Waals surface area contributed by atoms with Gasteiger partial charge in [0.25, 0.3) is 0 Å². The van der Waals surface area contributed by atoms with Gasteiger partial charge in [0.15, 0.2) is 0 Å². The van der Waals surface area contributed by atoms with Gasteiger partial charge >= 0.3 is 0 Å². The maximum atomic E-state index is 9.22. The molecule has 0 aromatic heterocycles. The molecule has 0 amide bonds. The van der Waals surface area contributed by atoms with Crippen LogP contribution in [0.3, 0.4) is 0 Å². The Hall–Kier alpha value is -0.590. The fraction of sp³-hybridized carbons (Fsp3) is 0.929. The van der Waals surface area contributed by atoms with E-state index in [0.717, 1.165) is 38.3 Å². The highest BCUT2D eigenvalue weighted by molar-refractivity contribution is 5.03. The van der Waals surface area contributed by atoms with Gasteiger partial charge in [0, 0.05) is 6.54 Å². The van der Waals surface area contributed by atoms with E-state index in [4.69, 9.17) is 0 Å². The third-order valence-electron chi connectivity index (χ3n) is 3.67. The molecule has 0 bridgehead atoms. The number of rotatable bonds is 7. The zero-order chi connectivity index (χ0) is 12.7. The Morgan fingerprint density at radius 2 is 2.29 bits per heavy atom. The second kappa shape index (κ2) is 6.98. The molecule has 3 nitrogen and oxygen atoms in total. The highest BCUT2D eigenvalue weighted by Crippen LogP contribution is 2.17. The van der Waals surface area contributed by atoms with Gasteiger partial charge < -0.3 is 4.90 Å². The van der Waals surface area contributed by atoms with Crippen LogP contribution in [-0.2, 0) is 0 Å². The highest BCUT2D eigenvalue weighted by Gasteiger charge is 2.23. The van der Waals surface area contributed by atoms with Crippen molar-refractivity contribution in [1.29, 1.82) is 5.26 Å². The lowest BCUT2D eigenvalue weighted by atomic mass is 9.97. The molecular formula is C14H27N3. The molecule has 0 radical (unpaired) electrons. The van der Waals surface area contributed by atoms with Crippen molar-refractivity contribution >= 4 is 0 Å². The van der Waals surface area contributed by atoms with E-state index in [0.29, 0.717) is 0 Å². The van der Waals surface area contributed by atoms with Gasteiger partial charge in [-0.3, -0.25) is 5.32 Å². The average molecular weight is 237 g/mol. The zero-order valence-electron chi connectivity index (χ0n) is 11.6. The van der Waals surface area contributed by atoms with Crippen LogP contribution in [-0.4, -0.2) is 36.6 Å². The fourth-order valence-corrected chi connectivity index (χ4v) is 2.47. The van der Waals surface area contributed by atoms with Gasteiger partial charge in [-0.25, -0.2) is 0 Å². The maximum Gasteiger partial charge on any atom is 0.103 e. The lowest BCUT2D eigenvalue weighted by Gasteiger charge is -2.24. The van der Waals surface area contributed by atoms with E-state index >= 15 is 0 Å². The standard InChI is InChI=1S/C14H27N3/c1-4-8-16-14(3,12-15)7-5-9-17-10-6-13(2)11-17/h13,16H,4-11H2,1-3H3. The second-order valence-corrected chi connectivity index (χ2v) is 5.67. The Morgan fingerprint density at radius 1 is 1.53 bits per heavy atom. The van der Waals surface area contributed by atoms with Crippen LogP contribution < -0.4 is 5.32 Å². The first-order valence-electron chi connectivity index (χ1n) is 6.98. The van der Waals surface area contributed by atoms with Crippen LogP contribution in [0.5, 0.6) is 0 Å². The predicted molar refractivity (Wildman–Crippen MR) is 71.8 cm³/mol. The number of nitrogens with one attached hydrogen (secondary N) is 1. The van der Waals surface area contributed by atoms with E-state index in [1.807, 2.05) is 6.92 Å². The summed E-state index contributed by atoms with van der Waals surface area (Å²) in [6, 6.07) is 2.42. The zero-order valence-corrected chi connectivity index (χ0v) is 11.6. The lowest BCUT2D eigenvalue weighted by molar-refractivity contribution is 0.299. The van der Waals surface area contributed by atoms with Crippen LogP contribution in [0.2, 0.25) is 0 Å². The van der Waals surface area contributed by atoms with Crippen molar-refractivity contribution in [2.75, 3.05) is 26.2 Å². The topological polar surface area (TPSA) is 39.1 Å². The van der Waals surface area contributed by atoms with Gasteiger partial charge in [-0.1, -0.05) is 13.8 Å². The average Bonchev–Trinajstić information content (AvgIpc) is 2.72. The molecule has 1 aliphatic rings. The van der Waals surface area contributed by atoms with E-state index in [2.05, 4.69) is 30.1 Å². The van der Waals surface area contributed by atoms with Gasteiger partial charge in [0.05, 0.1) is 6.07 Å². The van der Waals surface area contributed by atoms with Gasteiger partial charge in [-0.2, -0.15) is 5.26 Å². The molecule has 2 atom stereocenters. The molecule has 0 aliphatic carbocycles. The highest BCUT2D eigenvalue weighted by atomic mass is 15.1. The monoisotopic (exact) mass is 237 g/mol. The Morgan fingerprint density at radius 3 is 2.82 bits per heavy atom. The van der Waals surface area contributed by atoms with Crippen LogP contribution in [0.1, 0.15) is 46.5 Å². The molecule has 0 saturated carbocycles. The van der Waals surface area contributed by atoms with Gasteiger partial charge in [-0.15, -0.1) is 0 Å². The molecule has 1 saturated heterocycles. The van der Waals surface area contributed by atoms with Gasteiger partial charge in [-0.05, 0) is 58.2 Å². The molecule has 0 aromatic rings. The number of nitrogens with zero attached hydrogens (tertiary/aromatic N) is 2. The van der Waals surface area contributed by atoms with Crippen LogP contribution in [0.15, 0.2) is 0 Å². The molecule has 0 spiro atoms. The van der Waals surface area contributed by atoms with E-state index in [1.165, 1.54) is 19.5 Å². The number of hydrogen-bond donors (Lipinski definition) is 1. The molecule has 0 aromatic carbocycles. The third kappa shape index (κ3) is 5.06. The normalized spacial score (nSPS) is 24.5. The summed E-state index contributed by atoms with van der Waals surface area (Å²) in [5, 5.41) is 12.6. The number of likely N-dealkylation sites (tertiary alicyclic amines) is 1. The molecular weight excluding hydrogens is 210 g/mol. The minimum Gasteiger partial charge on any atom is -0.303 e. The first kappa shape index (κ1) is 14.5. The first-order chi connectivity index (χ1) is 8.09. The molecule has 1 heterocycles. The van der Waals surface area contributed by atoms with Crippen LogP contribution in [0.25, 0.3) is 0 Å². The maximum absolute atomic E-state index is 9.22. The van der Waals surface area contributed by atoms with Crippen LogP contribution in [0.4, 0.5) is 0 Å². The van der Waals surface area contributed by atoms with Crippen molar-refractivity contribution in [3.63, 3.8) is 0 Å². The van der Waals surface area contributed by atoms with Crippen LogP contribution in [0, 0.1) is 17.2 Å². The second-order valence-electron chi connectivity index (χ2n) is 5.67. The summed E-state index contributed by atoms with van der Waals surface area (Å²) < 4.78 is 0. The fourth-order valence-electron chi connectivity index (χ4n) is 2.47. The van der Waals surface area contributed by atoms with Gasteiger partial charge in [0.1, 0.15) is 5.54 Å². The molecule has 1 rings (SSSR count). The SMILES string of the molecule is CCCNC(C)(C#N)CCCN1CCC(C)C1. The van der Waals surface area contributed by atoms with E-state index in [-0.39, 0.29) is 5.54 Å². The van der Waals surface area contributed by atoms with Crippen molar-refractivity contribution in [1.82, 2.24) is 10.2 Å². The Kier molecular flexibility index (Phi) is 5.94. The predicted octanol–water partition coefficient (Wildman–Crippen LogP) is 2.39. The summed E-state index contributed by atoms with van der Waals surface area (Å²) in [4.78, 5) is 2.53. The largest absolute Gasteiger partial charge is 0.303 e. The van der Waals surface area contributed by atoms with Crippen molar-refractivity contribution in [2.24, 2.45) is 5.92 Å². The molecule has 1 fully saturated rings. The molecule has 98 valence electrons. The molecule has 17 heavy (non-hydrogen) atoms. The summed E-state index contributed by atoms with van der Waals surface area (Å²) in [7, 11) is 0. The van der Waals surface area contributed by atoms with E-state index in [1.54, 1.807) is 0 Å². The Bertz CT molecular complexity index is 259. The Balaban J connectivity index is 2.21. The summed E-state index contributed by atoms with van der Waals surface area (Å²) in [5.74, 6) is 0.857. The summed E-state index contributed by atoms with van der Waals surface area (Å²) in [6.07, 6.45) is 4.49. The minimum absolute atomic E-state index is 0.332. The molecule has 1 N–H and O–H groups in total. The van der Waals surface area contributed by atoms with Crippen molar-refractivity contribution in [2.45, 2.75) is 52.0 Å². The Labute approximate surface area is 106 Å². The van der Waals surface area contributed by atoms with Crippen molar-refractivity contribution < 1.29 is 0 Å². The third-order valence-corrected chi connectivity index (χ3v) is 3.67.